The van der Waals surface area contributed by atoms with Crippen molar-refractivity contribution < 1.29 is 23.0 Å². The van der Waals surface area contributed by atoms with E-state index in [1.807, 2.05) is 0 Å². The first-order valence-electron chi connectivity index (χ1n) is 6.92. The number of aromatic nitrogens is 2. The first-order chi connectivity index (χ1) is 10.4. The summed E-state index contributed by atoms with van der Waals surface area (Å²) in [5.41, 5.74) is 0.649. The molecule has 0 spiro atoms. The number of aliphatic hydroxyl groups is 1. The van der Waals surface area contributed by atoms with E-state index < -0.39 is 18.0 Å². The van der Waals surface area contributed by atoms with Gasteiger partial charge in [-0.1, -0.05) is 12.1 Å². The van der Waals surface area contributed by atoms with Gasteiger partial charge in [-0.25, -0.2) is 0 Å². The fourth-order valence-electron chi connectivity index (χ4n) is 2.58. The zero-order valence-corrected chi connectivity index (χ0v) is 11.9. The molecule has 118 valence electrons. The van der Waals surface area contributed by atoms with Gasteiger partial charge in [0.05, 0.1) is 18.4 Å². The Labute approximate surface area is 125 Å². The van der Waals surface area contributed by atoms with Crippen LogP contribution < -0.4 is 4.74 Å². The van der Waals surface area contributed by atoms with Gasteiger partial charge >= 0.3 is 6.18 Å². The molecule has 7 heteroatoms. The smallest absolute Gasteiger partial charge is 0.435 e. The summed E-state index contributed by atoms with van der Waals surface area (Å²) in [4.78, 5) is 0. The highest BCUT2D eigenvalue weighted by Crippen LogP contribution is 2.36. The molecule has 0 saturated heterocycles. The van der Waals surface area contributed by atoms with Crippen molar-refractivity contribution in [3.05, 3.63) is 35.5 Å². The van der Waals surface area contributed by atoms with Crippen LogP contribution in [0.15, 0.2) is 24.3 Å². The number of alkyl halides is 3. The Hall–Kier alpha value is -2.02. The Morgan fingerprint density at radius 1 is 1.32 bits per heavy atom. The Morgan fingerprint density at radius 2 is 2.09 bits per heavy atom. The van der Waals surface area contributed by atoms with E-state index in [0.717, 1.165) is 12.5 Å². The molecule has 1 aliphatic rings. The Bertz CT molecular complexity index is 695. The van der Waals surface area contributed by atoms with Crippen LogP contribution in [0.2, 0.25) is 0 Å². The predicted molar refractivity (Wildman–Crippen MR) is 73.3 cm³/mol. The number of hydrogen-bond donors (Lipinski definition) is 1. The fraction of sp³-hybridized carbons (Fsp3) is 0.400. The maximum Gasteiger partial charge on any atom is 0.435 e. The van der Waals surface area contributed by atoms with Crippen molar-refractivity contribution in [3.63, 3.8) is 0 Å². The van der Waals surface area contributed by atoms with E-state index in [-0.39, 0.29) is 0 Å². The highest BCUT2D eigenvalue weighted by molar-refractivity contribution is 5.64. The largest absolute Gasteiger partial charge is 0.493 e. The second-order valence-electron chi connectivity index (χ2n) is 5.30. The number of fused-ring (bicyclic) bond motifs is 1. The summed E-state index contributed by atoms with van der Waals surface area (Å²) in [6.07, 6.45) is -3.75. The van der Waals surface area contributed by atoms with Crippen molar-refractivity contribution >= 4 is 0 Å². The van der Waals surface area contributed by atoms with Crippen LogP contribution in [-0.2, 0) is 13.2 Å². The van der Waals surface area contributed by atoms with Gasteiger partial charge in [0.1, 0.15) is 5.75 Å². The van der Waals surface area contributed by atoms with Crippen molar-refractivity contribution in [2.24, 2.45) is 7.05 Å². The number of aryl methyl sites for hydroxylation is 1. The van der Waals surface area contributed by atoms with E-state index in [1.54, 1.807) is 18.2 Å². The van der Waals surface area contributed by atoms with Crippen molar-refractivity contribution in [2.75, 3.05) is 6.61 Å². The predicted octanol–water partition coefficient (Wildman–Crippen LogP) is 3.31. The number of ether oxygens (including phenoxy) is 1. The number of aliphatic hydroxyl groups excluding tert-OH is 1. The van der Waals surface area contributed by atoms with Gasteiger partial charge in [-0.05, 0) is 25.0 Å². The lowest BCUT2D eigenvalue weighted by Crippen LogP contribution is -2.06. The molecule has 0 fully saturated rings. The van der Waals surface area contributed by atoms with Crippen LogP contribution >= 0.6 is 0 Å². The molecule has 1 aliphatic heterocycles. The van der Waals surface area contributed by atoms with Crippen molar-refractivity contribution in [1.29, 1.82) is 0 Å². The van der Waals surface area contributed by atoms with Crippen LogP contribution in [0.25, 0.3) is 11.3 Å². The zero-order chi connectivity index (χ0) is 15.9. The molecule has 2 heterocycles. The second-order valence-corrected chi connectivity index (χ2v) is 5.30. The van der Waals surface area contributed by atoms with Gasteiger partial charge in [0.15, 0.2) is 5.69 Å². The van der Waals surface area contributed by atoms with Gasteiger partial charge in [-0.3, -0.25) is 4.68 Å². The summed E-state index contributed by atoms with van der Waals surface area (Å²) in [6, 6.07) is 6.03. The average molecular weight is 312 g/mol. The molecular formula is C15H15F3N2O2. The van der Waals surface area contributed by atoms with Crippen LogP contribution in [0.5, 0.6) is 5.75 Å². The monoisotopic (exact) mass is 312 g/mol. The van der Waals surface area contributed by atoms with E-state index in [0.29, 0.717) is 35.6 Å². The van der Waals surface area contributed by atoms with Gasteiger partial charge in [-0.15, -0.1) is 0 Å². The molecule has 0 radical (unpaired) electrons. The summed E-state index contributed by atoms with van der Waals surface area (Å²) < 4.78 is 45.0. The molecule has 1 aromatic carbocycles. The Morgan fingerprint density at radius 3 is 2.77 bits per heavy atom. The van der Waals surface area contributed by atoms with Crippen LogP contribution in [0.4, 0.5) is 13.2 Å². The van der Waals surface area contributed by atoms with Crippen molar-refractivity contribution in [2.45, 2.75) is 25.1 Å². The highest BCUT2D eigenvalue weighted by Gasteiger charge is 2.34. The number of hydrogen-bond acceptors (Lipinski definition) is 3. The molecule has 0 saturated carbocycles. The summed E-state index contributed by atoms with van der Waals surface area (Å²) in [5.74, 6) is 0.511. The molecule has 0 amide bonds. The molecular weight excluding hydrogens is 297 g/mol. The molecule has 1 aromatic heterocycles. The third-order valence-corrected chi connectivity index (χ3v) is 3.72. The normalized spacial score (nSPS) is 18.5. The minimum absolute atomic E-state index is 0.345. The minimum Gasteiger partial charge on any atom is -0.493 e. The first kappa shape index (κ1) is 14.9. The molecule has 3 rings (SSSR count). The molecule has 4 nitrogen and oxygen atoms in total. The number of rotatable bonds is 1. The molecule has 0 bridgehead atoms. The molecule has 22 heavy (non-hydrogen) atoms. The number of halogens is 3. The van der Waals surface area contributed by atoms with E-state index in [9.17, 15) is 18.3 Å². The maximum atomic E-state index is 12.7. The summed E-state index contributed by atoms with van der Waals surface area (Å²) in [7, 11) is 1.46. The lowest BCUT2D eigenvalue weighted by Gasteiger charge is -2.12. The summed E-state index contributed by atoms with van der Waals surface area (Å²) in [6.45, 7) is 0.479. The Balaban J connectivity index is 2.03. The molecule has 0 aliphatic carbocycles. The number of benzene rings is 1. The first-order valence-corrected chi connectivity index (χ1v) is 6.92. The molecule has 1 atom stereocenters. The lowest BCUT2D eigenvalue weighted by atomic mass is 10.0. The van der Waals surface area contributed by atoms with Gasteiger partial charge in [0.2, 0.25) is 0 Å². The van der Waals surface area contributed by atoms with Crippen LogP contribution in [0.1, 0.15) is 30.2 Å². The lowest BCUT2D eigenvalue weighted by molar-refractivity contribution is -0.141. The standard InChI is InChI=1S/C15H15F3N2O2/c1-20-11(8-14(19-20)15(16,17)18)9-4-5-10-12(21)3-2-6-22-13(10)7-9/h4-5,7-8,12,21H,2-3,6H2,1H3/t12-/m1/s1. The average Bonchev–Trinajstić information content (AvgIpc) is 2.75. The molecule has 2 aromatic rings. The fourth-order valence-corrected chi connectivity index (χ4v) is 2.58. The van der Waals surface area contributed by atoms with E-state index in [2.05, 4.69) is 5.10 Å². The van der Waals surface area contributed by atoms with Gasteiger partial charge in [0.25, 0.3) is 0 Å². The Kier molecular flexibility index (Phi) is 3.60. The summed E-state index contributed by atoms with van der Waals surface area (Å²) in [5, 5.41) is 13.5. The third-order valence-electron chi connectivity index (χ3n) is 3.72. The van der Waals surface area contributed by atoms with E-state index in [4.69, 9.17) is 4.74 Å². The van der Waals surface area contributed by atoms with Crippen LogP contribution in [-0.4, -0.2) is 21.5 Å². The quantitative estimate of drug-likeness (QED) is 0.879. The zero-order valence-electron chi connectivity index (χ0n) is 11.9. The second kappa shape index (κ2) is 5.31. The molecule has 1 N–H and O–H groups in total. The van der Waals surface area contributed by atoms with Crippen LogP contribution in [0.3, 0.4) is 0 Å². The van der Waals surface area contributed by atoms with E-state index in [1.165, 1.54) is 11.7 Å². The maximum absolute atomic E-state index is 12.7. The molecule has 0 unspecified atom stereocenters. The van der Waals surface area contributed by atoms with Crippen molar-refractivity contribution in [1.82, 2.24) is 9.78 Å². The third kappa shape index (κ3) is 2.68. The van der Waals surface area contributed by atoms with Crippen molar-refractivity contribution in [3.8, 4) is 17.0 Å². The topological polar surface area (TPSA) is 47.3 Å². The van der Waals surface area contributed by atoms with Crippen LogP contribution in [0, 0.1) is 0 Å². The minimum atomic E-state index is -4.48. The van der Waals surface area contributed by atoms with Gasteiger partial charge in [0, 0.05) is 18.2 Å². The number of nitrogens with zero attached hydrogens (tertiary/aromatic N) is 2. The summed E-state index contributed by atoms with van der Waals surface area (Å²) >= 11 is 0. The van der Waals surface area contributed by atoms with Gasteiger partial charge in [-0.2, -0.15) is 18.3 Å². The SMILES string of the molecule is Cn1nc(C(F)(F)F)cc1-c1ccc2c(c1)OCCC[C@H]2O. The highest BCUT2D eigenvalue weighted by atomic mass is 19.4. The van der Waals surface area contributed by atoms with E-state index >= 15 is 0 Å². The van der Waals surface area contributed by atoms with Gasteiger partial charge < -0.3 is 9.84 Å².